The number of nitro groups is 1. The standard InChI is InChI=1S/C16H13N3O3S/c20-15-13-10-6-2-4-8-12(10)23-16(13)18-14(17-15)9-5-1-3-7-11(9)19(21)22/h1,3,5,7H,2,4,6,8H2,(H,17,18,20). The highest BCUT2D eigenvalue weighted by Gasteiger charge is 2.22. The Balaban J connectivity index is 1.97. The molecule has 0 saturated carbocycles. The summed E-state index contributed by atoms with van der Waals surface area (Å²) in [6.45, 7) is 0. The van der Waals surface area contributed by atoms with Crippen LogP contribution < -0.4 is 5.56 Å². The van der Waals surface area contributed by atoms with Crippen molar-refractivity contribution in [3.8, 4) is 11.4 Å². The van der Waals surface area contributed by atoms with E-state index in [-0.39, 0.29) is 17.1 Å². The minimum atomic E-state index is -0.459. The van der Waals surface area contributed by atoms with Crippen LogP contribution in [-0.4, -0.2) is 14.9 Å². The first-order valence-corrected chi connectivity index (χ1v) is 8.25. The van der Waals surface area contributed by atoms with Gasteiger partial charge in [0.15, 0.2) is 0 Å². The number of benzene rings is 1. The predicted octanol–water partition coefficient (Wildman–Crippen LogP) is 3.44. The van der Waals surface area contributed by atoms with Crippen LogP contribution in [0.2, 0.25) is 0 Å². The SMILES string of the molecule is O=c1[nH]c(-c2ccccc2[N+](=O)[O-])nc2sc3c(c12)CCCC3. The fraction of sp³-hybridized carbons (Fsp3) is 0.250. The van der Waals surface area contributed by atoms with Gasteiger partial charge in [0.25, 0.3) is 11.2 Å². The van der Waals surface area contributed by atoms with Crippen LogP contribution in [0.15, 0.2) is 29.1 Å². The highest BCUT2D eigenvalue weighted by molar-refractivity contribution is 7.18. The van der Waals surface area contributed by atoms with Gasteiger partial charge in [-0.05, 0) is 37.3 Å². The number of aromatic amines is 1. The molecule has 0 radical (unpaired) electrons. The van der Waals surface area contributed by atoms with E-state index < -0.39 is 4.92 Å². The lowest BCUT2D eigenvalue weighted by Crippen LogP contribution is -2.11. The van der Waals surface area contributed by atoms with E-state index in [9.17, 15) is 14.9 Å². The molecule has 1 aromatic carbocycles. The van der Waals surface area contributed by atoms with Gasteiger partial charge in [-0.25, -0.2) is 4.98 Å². The Bertz CT molecular complexity index is 990. The van der Waals surface area contributed by atoms with Crippen LogP contribution in [0.4, 0.5) is 5.69 Å². The molecule has 1 aliphatic carbocycles. The summed E-state index contributed by atoms with van der Waals surface area (Å²) in [6, 6.07) is 6.32. The number of para-hydroxylation sites is 1. The zero-order valence-corrected chi connectivity index (χ0v) is 13.0. The molecule has 0 saturated heterocycles. The number of fused-ring (bicyclic) bond motifs is 3. The molecule has 1 N–H and O–H groups in total. The summed E-state index contributed by atoms with van der Waals surface area (Å²) in [5.74, 6) is 0.258. The van der Waals surface area contributed by atoms with Crippen LogP contribution in [0, 0.1) is 10.1 Å². The molecule has 6 nitrogen and oxygen atoms in total. The van der Waals surface area contributed by atoms with Gasteiger partial charge < -0.3 is 4.98 Å². The van der Waals surface area contributed by atoms with E-state index >= 15 is 0 Å². The molecule has 4 rings (SSSR count). The lowest BCUT2D eigenvalue weighted by Gasteiger charge is -2.09. The Hall–Kier alpha value is -2.54. The Labute approximate surface area is 135 Å². The number of rotatable bonds is 2. The van der Waals surface area contributed by atoms with Gasteiger partial charge in [0.05, 0.1) is 15.9 Å². The van der Waals surface area contributed by atoms with Crippen LogP contribution in [0.3, 0.4) is 0 Å². The van der Waals surface area contributed by atoms with E-state index in [4.69, 9.17) is 0 Å². The summed E-state index contributed by atoms with van der Waals surface area (Å²) in [4.78, 5) is 32.4. The minimum absolute atomic E-state index is 0.0590. The third-order valence-electron chi connectivity index (χ3n) is 4.18. The lowest BCUT2D eigenvalue weighted by molar-refractivity contribution is -0.384. The number of aryl methyl sites for hydroxylation is 2. The van der Waals surface area contributed by atoms with Gasteiger partial charge >= 0.3 is 0 Å². The van der Waals surface area contributed by atoms with Crippen LogP contribution in [0.25, 0.3) is 21.6 Å². The second kappa shape index (κ2) is 5.27. The largest absolute Gasteiger partial charge is 0.306 e. The van der Waals surface area contributed by atoms with E-state index in [0.717, 1.165) is 31.2 Å². The molecule has 0 unspecified atom stereocenters. The molecule has 116 valence electrons. The Morgan fingerprint density at radius 2 is 2.00 bits per heavy atom. The molecule has 0 bridgehead atoms. The summed E-state index contributed by atoms with van der Waals surface area (Å²) in [7, 11) is 0. The molecule has 7 heteroatoms. The van der Waals surface area contributed by atoms with E-state index in [1.807, 2.05) is 0 Å². The maximum atomic E-state index is 12.5. The zero-order chi connectivity index (χ0) is 16.0. The van der Waals surface area contributed by atoms with Crippen LogP contribution in [0.5, 0.6) is 0 Å². The molecular formula is C16H13N3O3S. The van der Waals surface area contributed by atoms with Gasteiger partial charge in [-0.3, -0.25) is 14.9 Å². The van der Waals surface area contributed by atoms with Crippen LogP contribution >= 0.6 is 11.3 Å². The molecule has 0 fully saturated rings. The second-order valence-electron chi connectivity index (χ2n) is 5.58. The maximum absolute atomic E-state index is 12.5. The molecule has 0 aliphatic heterocycles. The Morgan fingerprint density at radius 3 is 2.83 bits per heavy atom. The summed E-state index contributed by atoms with van der Waals surface area (Å²) < 4.78 is 0. The smallest absolute Gasteiger partial charge is 0.280 e. The Morgan fingerprint density at radius 1 is 1.22 bits per heavy atom. The van der Waals surface area contributed by atoms with E-state index in [2.05, 4.69) is 9.97 Å². The fourth-order valence-electron chi connectivity index (χ4n) is 3.12. The number of aromatic nitrogens is 2. The Kier molecular flexibility index (Phi) is 3.23. The monoisotopic (exact) mass is 327 g/mol. The number of nitro benzene ring substituents is 1. The van der Waals surface area contributed by atoms with Crippen LogP contribution in [-0.2, 0) is 12.8 Å². The van der Waals surface area contributed by atoms with Crippen molar-refractivity contribution in [3.05, 3.63) is 55.2 Å². The number of hydrogen-bond donors (Lipinski definition) is 1. The number of nitrogens with zero attached hydrogens (tertiary/aromatic N) is 2. The summed E-state index contributed by atoms with van der Waals surface area (Å²) in [5.41, 5.74) is 1.18. The number of nitrogens with one attached hydrogen (secondary N) is 1. The molecule has 3 aromatic rings. The van der Waals surface area contributed by atoms with Gasteiger partial charge in [0.2, 0.25) is 0 Å². The zero-order valence-electron chi connectivity index (χ0n) is 12.2. The molecule has 0 atom stereocenters. The lowest BCUT2D eigenvalue weighted by atomic mass is 9.97. The molecule has 0 spiro atoms. The van der Waals surface area contributed by atoms with Crippen molar-refractivity contribution in [1.82, 2.24) is 9.97 Å². The predicted molar refractivity (Wildman–Crippen MR) is 89.0 cm³/mol. The summed E-state index contributed by atoms with van der Waals surface area (Å²) >= 11 is 1.54. The quantitative estimate of drug-likeness (QED) is 0.577. The average molecular weight is 327 g/mol. The molecule has 0 amide bonds. The fourth-order valence-corrected chi connectivity index (χ4v) is 4.39. The van der Waals surface area contributed by atoms with Gasteiger partial charge in [-0.15, -0.1) is 11.3 Å². The number of H-pyrrole nitrogens is 1. The highest BCUT2D eigenvalue weighted by Crippen LogP contribution is 2.35. The van der Waals surface area contributed by atoms with E-state index in [1.54, 1.807) is 18.2 Å². The molecular weight excluding hydrogens is 314 g/mol. The van der Waals surface area contributed by atoms with Gasteiger partial charge in [-0.1, -0.05) is 12.1 Å². The van der Waals surface area contributed by atoms with E-state index in [1.165, 1.54) is 22.3 Å². The number of hydrogen-bond acceptors (Lipinski definition) is 5. The summed E-state index contributed by atoms with van der Waals surface area (Å²) in [5, 5.41) is 11.9. The van der Waals surface area contributed by atoms with Crippen LogP contribution in [0.1, 0.15) is 23.3 Å². The minimum Gasteiger partial charge on any atom is -0.306 e. The van der Waals surface area contributed by atoms with E-state index in [0.29, 0.717) is 15.8 Å². The molecule has 1 aliphatic rings. The van der Waals surface area contributed by atoms with Crippen molar-refractivity contribution in [2.75, 3.05) is 0 Å². The van der Waals surface area contributed by atoms with Gasteiger partial charge in [0, 0.05) is 10.9 Å². The van der Waals surface area contributed by atoms with Crippen molar-refractivity contribution in [3.63, 3.8) is 0 Å². The second-order valence-corrected chi connectivity index (χ2v) is 6.66. The van der Waals surface area contributed by atoms with Crippen molar-refractivity contribution in [2.24, 2.45) is 0 Å². The third-order valence-corrected chi connectivity index (χ3v) is 5.37. The first kappa shape index (κ1) is 14.1. The molecule has 23 heavy (non-hydrogen) atoms. The molecule has 2 heterocycles. The first-order valence-electron chi connectivity index (χ1n) is 7.43. The van der Waals surface area contributed by atoms with Crippen molar-refractivity contribution in [1.29, 1.82) is 0 Å². The maximum Gasteiger partial charge on any atom is 0.280 e. The average Bonchev–Trinajstić information content (AvgIpc) is 2.93. The van der Waals surface area contributed by atoms with Gasteiger partial charge in [-0.2, -0.15) is 0 Å². The normalized spacial score (nSPS) is 13.9. The number of thiophene rings is 1. The third kappa shape index (κ3) is 2.24. The first-order chi connectivity index (χ1) is 11.1. The highest BCUT2D eigenvalue weighted by atomic mass is 32.1. The molecule has 2 aromatic heterocycles. The van der Waals surface area contributed by atoms with Crippen molar-refractivity contribution < 1.29 is 4.92 Å². The topological polar surface area (TPSA) is 88.9 Å². The van der Waals surface area contributed by atoms with Crippen molar-refractivity contribution >= 4 is 27.2 Å². The van der Waals surface area contributed by atoms with Crippen molar-refractivity contribution in [2.45, 2.75) is 25.7 Å². The van der Waals surface area contributed by atoms with Gasteiger partial charge in [0.1, 0.15) is 10.7 Å². The summed E-state index contributed by atoms with van der Waals surface area (Å²) in [6.07, 6.45) is 4.11.